The summed E-state index contributed by atoms with van der Waals surface area (Å²) in [5, 5.41) is 3.95. The fourth-order valence-corrected chi connectivity index (χ4v) is 2.83. The van der Waals surface area contributed by atoms with Gasteiger partial charge in [-0.15, -0.1) is 0 Å². The molecule has 1 aromatic carbocycles. The lowest BCUT2D eigenvalue weighted by atomic mass is 10.1. The van der Waals surface area contributed by atoms with Crippen LogP contribution >= 0.6 is 0 Å². The van der Waals surface area contributed by atoms with Gasteiger partial charge in [-0.3, -0.25) is 4.79 Å². The second kappa shape index (κ2) is 5.91. The number of carbonyl (C=O) groups is 1. The third kappa shape index (κ3) is 2.75. The monoisotopic (exact) mass is 299 g/mol. The minimum absolute atomic E-state index is 0.0955. The molecule has 0 aliphatic carbocycles. The molecule has 2 heterocycles. The molecule has 0 spiro atoms. The Balaban J connectivity index is 1.82. The molecule has 0 bridgehead atoms. The molecule has 116 valence electrons. The van der Waals surface area contributed by atoms with Crippen LogP contribution in [0.15, 0.2) is 22.7 Å². The van der Waals surface area contributed by atoms with E-state index in [2.05, 4.69) is 42.2 Å². The van der Waals surface area contributed by atoms with E-state index in [1.165, 1.54) is 11.1 Å². The topological polar surface area (TPSA) is 59.2 Å². The van der Waals surface area contributed by atoms with Crippen LogP contribution in [0.2, 0.25) is 0 Å². The first-order valence-electron chi connectivity index (χ1n) is 7.76. The van der Waals surface area contributed by atoms with Gasteiger partial charge in [0.25, 0.3) is 0 Å². The Hall–Kier alpha value is -2.17. The van der Waals surface area contributed by atoms with Crippen LogP contribution < -0.4 is 0 Å². The van der Waals surface area contributed by atoms with E-state index in [1.54, 1.807) is 0 Å². The van der Waals surface area contributed by atoms with Crippen molar-refractivity contribution in [2.45, 2.75) is 52.6 Å². The fraction of sp³-hybridized carbons (Fsp3) is 0.471. The molecule has 0 N–H and O–H groups in total. The van der Waals surface area contributed by atoms with Gasteiger partial charge in [-0.2, -0.15) is 4.98 Å². The number of likely N-dealkylation sites (tertiary alicyclic amines) is 1. The van der Waals surface area contributed by atoms with Gasteiger partial charge in [-0.1, -0.05) is 30.3 Å². The van der Waals surface area contributed by atoms with E-state index in [0.29, 0.717) is 24.7 Å². The van der Waals surface area contributed by atoms with Crippen molar-refractivity contribution in [3.63, 3.8) is 0 Å². The first kappa shape index (κ1) is 14.8. The number of nitrogens with zero attached hydrogens (tertiary/aromatic N) is 3. The summed E-state index contributed by atoms with van der Waals surface area (Å²) >= 11 is 0. The van der Waals surface area contributed by atoms with E-state index in [-0.39, 0.29) is 11.9 Å². The Labute approximate surface area is 130 Å². The molecular weight excluding hydrogens is 278 g/mol. The lowest BCUT2D eigenvalue weighted by Crippen LogP contribution is -2.27. The Kier molecular flexibility index (Phi) is 3.96. The molecule has 3 rings (SSSR count). The van der Waals surface area contributed by atoms with Gasteiger partial charge < -0.3 is 9.42 Å². The Morgan fingerprint density at radius 3 is 2.82 bits per heavy atom. The molecule has 0 saturated carbocycles. The van der Waals surface area contributed by atoms with Crippen LogP contribution in [-0.2, 0) is 17.8 Å². The zero-order valence-electron chi connectivity index (χ0n) is 13.3. The first-order valence-corrected chi connectivity index (χ1v) is 7.76. The van der Waals surface area contributed by atoms with Gasteiger partial charge in [0.1, 0.15) is 6.04 Å². The van der Waals surface area contributed by atoms with Gasteiger partial charge in [-0.05, 0) is 37.0 Å². The molecule has 0 radical (unpaired) electrons. The number of aryl methyl sites for hydroxylation is 3. The number of benzene rings is 1. The second-order valence-corrected chi connectivity index (χ2v) is 5.90. The van der Waals surface area contributed by atoms with Crippen molar-refractivity contribution in [2.24, 2.45) is 0 Å². The van der Waals surface area contributed by atoms with Crippen molar-refractivity contribution >= 4 is 5.91 Å². The summed E-state index contributed by atoms with van der Waals surface area (Å²) in [4.78, 5) is 18.5. The molecule has 1 atom stereocenters. The number of rotatable bonds is 4. The molecule has 5 heteroatoms. The van der Waals surface area contributed by atoms with Crippen molar-refractivity contribution in [3.05, 3.63) is 46.6 Å². The van der Waals surface area contributed by atoms with Gasteiger partial charge in [0.15, 0.2) is 5.82 Å². The van der Waals surface area contributed by atoms with Crippen LogP contribution in [0.1, 0.15) is 54.2 Å². The standard InChI is InChI=1S/C17H21N3O2/c1-4-15-18-17(22-19-15)14-7-8-16(21)20(14)10-13-6-5-11(2)12(3)9-13/h5-6,9,14H,4,7-8,10H2,1-3H3. The molecule has 1 fully saturated rings. The molecule has 1 aliphatic rings. The number of hydrogen-bond donors (Lipinski definition) is 0. The molecule has 22 heavy (non-hydrogen) atoms. The van der Waals surface area contributed by atoms with E-state index < -0.39 is 0 Å². The molecule has 1 amide bonds. The highest BCUT2D eigenvalue weighted by Gasteiger charge is 2.35. The summed E-state index contributed by atoms with van der Waals surface area (Å²) < 4.78 is 5.34. The minimum atomic E-state index is -0.0955. The largest absolute Gasteiger partial charge is 0.337 e. The van der Waals surface area contributed by atoms with Crippen molar-refractivity contribution < 1.29 is 9.32 Å². The third-order valence-electron chi connectivity index (χ3n) is 4.34. The maximum Gasteiger partial charge on any atom is 0.249 e. The number of carbonyl (C=O) groups excluding carboxylic acids is 1. The summed E-state index contributed by atoms with van der Waals surface area (Å²) in [6.07, 6.45) is 2.02. The van der Waals surface area contributed by atoms with Crippen molar-refractivity contribution in [1.82, 2.24) is 15.0 Å². The number of amides is 1. The quantitative estimate of drug-likeness (QED) is 0.870. The molecular formula is C17H21N3O2. The zero-order chi connectivity index (χ0) is 15.7. The highest BCUT2D eigenvalue weighted by atomic mass is 16.5. The summed E-state index contributed by atoms with van der Waals surface area (Å²) in [6.45, 7) is 6.76. The van der Waals surface area contributed by atoms with Crippen LogP contribution in [-0.4, -0.2) is 20.9 Å². The van der Waals surface area contributed by atoms with Crippen LogP contribution in [0, 0.1) is 13.8 Å². The van der Waals surface area contributed by atoms with Crippen LogP contribution in [0.5, 0.6) is 0 Å². The Bertz CT molecular complexity index is 693. The smallest absolute Gasteiger partial charge is 0.249 e. The van der Waals surface area contributed by atoms with Gasteiger partial charge in [0.2, 0.25) is 11.8 Å². The average molecular weight is 299 g/mol. The summed E-state index contributed by atoms with van der Waals surface area (Å²) in [6, 6.07) is 6.23. The van der Waals surface area contributed by atoms with E-state index in [1.807, 2.05) is 11.8 Å². The highest BCUT2D eigenvalue weighted by molar-refractivity contribution is 5.78. The predicted octanol–water partition coefficient (Wildman–Crippen LogP) is 3.11. The van der Waals surface area contributed by atoms with Crippen LogP contribution in [0.25, 0.3) is 0 Å². The molecule has 1 aliphatic heterocycles. The van der Waals surface area contributed by atoms with Crippen LogP contribution in [0.3, 0.4) is 0 Å². The van der Waals surface area contributed by atoms with Crippen LogP contribution in [0.4, 0.5) is 0 Å². The molecule has 5 nitrogen and oxygen atoms in total. The molecule has 2 aromatic rings. The Morgan fingerprint density at radius 1 is 1.32 bits per heavy atom. The van der Waals surface area contributed by atoms with Gasteiger partial charge in [-0.25, -0.2) is 0 Å². The SMILES string of the molecule is CCc1noc(C2CCC(=O)N2Cc2ccc(C)c(C)c2)n1. The fourth-order valence-electron chi connectivity index (χ4n) is 2.83. The maximum atomic E-state index is 12.2. The first-order chi connectivity index (χ1) is 10.6. The predicted molar refractivity (Wildman–Crippen MR) is 82.1 cm³/mol. The summed E-state index contributed by atoms with van der Waals surface area (Å²) in [7, 11) is 0. The summed E-state index contributed by atoms with van der Waals surface area (Å²) in [5.41, 5.74) is 3.64. The van der Waals surface area contributed by atoms with Crippen molar-refractivity contribution in [3.8, 4) is 0 Å². The minimum Gasteiger partial charge on any atom is -0.337 e. The van der Waals surface area contributed by atoms with E-state index >= 15 is 0 Å². The maximum absolute atomic E-state index is 12.2. The Morgan fingerprint density at radius 2 is 2.14 bits per heavy atom. The molecule has 1 saturated heterocycles. The second-order valence-electron chi connectivity index (χ2n) is 5.90. The van der Waals surface area contributed by atoms with E-state index in [4.69, 9.17) is 4.52 Å². The van der Waals surface area contributed by atoms with E-state index in [9.17, 15) is 4.79 Å². The number of aromatic nitrogens is 2. The lowest BCUT2D eigenvalue weighted by Gasteiger charge is -2.22. The number of hydrogen-bond acceptors (Lipinski definition) is 4. The average Bonchev–Trinajstić information content (AvgIpc) is 3.10. The van der Waals surface area contributed by atoms with Crippen molar-refractivity contribution in [1.29, 1.82) is 0 Å². The highest BCUT2D eigenvalue weighted by Crippen LogP contribution is 2.33. The molecule has 1 aromatic heterocycles. The molecule has 1 unspecified atom stereocenters. The summed E-state index contributed by atoms with van der Waals surface area (Å²) in [5.74, 6) is 1.41. The zero-order valence-corrected chi connectivity index (χ0v) is 13.3. The lowest BCUT2D eigenvalue weighted by molar-refractivity contribution is -0.129. The normalized spacial score (nSPS) is 18.2. The van der Waals surface area contributed by atoms with Gasteiger partial charge in [0.05, 0.1) is 0 Å². The third-order valence-corrected chi connectivity index (χ3v) is 4.34. The van der Waals surface area contributed by atoms with E-state index in [0.717, 1.165) is 18.4 Å². The van der Waals surface area contributed by atoms with Crippen molar-refractivity contribution in [2.75, 3.05) is 0 Å². The van der Waals surface area contributed by atoms with Gasteiger partial charge in [0, 0.05) is 19.4 Å². The van der Waals surface area contributed by atoms with Gasteiger partial charge >= 0.3 is 0 Å².